The maximum absolute atomic E-state index is 12.6. The zero-order chi connectivity index (χ0) is 24.4. The summed E-state index contributed by atoms with van der Waals surface area (Å²) in [6.45, 7) is 4.18. The van der Waals surface area contributed by atoms with Gasteiger partial charge in [-0.1, -0.05) is 12.1 Å². The molecule has 9 nitrogen and oxygen atoms in total. The number of hydrogen-bond acceptors (Lipinski definition) is 7. The van der Waals surface area contributed by atoms with E-state index in [-0.39, 0.29) is 5.75 Å². The number of rotatable bonds is 7. The summed E-state index contributed by atoms with van der Waals surface area (Å²) in [7, 11) is 1.89. The van der Waals surface area contributed by atoms with E-state index in [1.54, 1.807) is 29.3 Å². The zero-order valence-electron chi connectivity index (χ0n) is 19.0. The number of imidazole rings is 1. The van der Waals surface area contributed by atoms with Crippen molar-refractivity contribution < 1.29 is 22.6 Å². The van der Waals surface area contributed by atoms with Gasteiger partial charge in [0.2, 0.25) is 0 Å². The summed E-state index contributed by atoms with van der Waals surface area (Å²) in [6.07, 6.45) is -1.24. The summed E-state index contributed by atoms with van der Waals surface area (Å²) in [5, 5.41) is 7.72. The number of nitrogens with one attached hydrogen (secondary N) is 1. The van der Waals surface area contributed by atoms with Crippen molar-refractivity contribution in [3.8, 4) is 22.8 Å². The van der Waals surface area contributed by atoms with Crippen molar-refractivity contribution in [3.63, 3.8) is 0 Å². The fourth-order valence-electron chi connectivity index (χ4n) is 4.02. The predicted octanol–water partition coefficient (Wildman–Crippen LogP) is 3.24. The van der Waals surface area contributed by atoms with Crippen LogP contribution in [-0.2, 0) is 11.3 Å². The van der Waals surface area contributed by atoms with Gasteiger partial charge in [-0.05, 0) is 25.2 Å². The van der Waals surface area contributed by atoms with Crippen molar-refractivity contribution in [1.82, 2.24) is 29.6 Å². The first kappa shape index (κ1) is 23.1. The normalized spacial score (nSPS) is 14.6. The highest BCUT2D eigenvalue weighted by atomic mass is 19.4. The van der Waals surface area contributed by atoms with Crippen LogP contribution >= 0.6 is 0 Å². The number of alkyl halides is 3. The number of fused-ring (bicyclic) bond motifs is 1. The number of morpholine rings is 1. The van der Waals surface area contributed by atoms with E-state index in [1.807, 2.05) is 17.7 Å². The zero-order valence-corrected chi connectivity index (χ0v) is 19.0. The molecule has 1 N–H and O–H groups in total. The average Bonchev–Trinajstić information content (AvgIpc) is 3.49. The van der Waals surface area contributed by atoms with Crippen LogP contribution in [0.3, 0.4) is 0 Å². The molecule has 1 fully saturated rings. The van der Waals surface area contributed by atoms with Crippen LogP contribution in [0, 0.1) is 0 Å². The first-order valence-electron chi connectivity index (χ1n) is 11.2. The Balaban J connectivity index is 1.53. The maximum atomic E-state index is 12.6. The van der Waals surface area contributed by atoms with E-state index in [4.69, 9.17) is 9.72 Å². The number of anilines is 1. The van der Waals surface area contributed by atoms with Crippen molar-refractivity contribution in [2.75, 3.05) is 44.8 Å². The van der Waals surface area contributed by atoms with Crippen molar-refractivity contribution in [1.29, 1.82) is 0 Å². The maximum Gasteiger partial charge on any atom is 0.573 e. The molecule has 184 valence electrons. The third-order valence-electron chi connectivity index (χ3n) is 5.68. The lowest BCUT2D eigenvalue weighted by molar-refractivity contribution is -0.274. The number of pyridine rings is 1. The third kappa shape index (κ3) is 5.08. The molecule has 1 aliphatic heterocycles. The van der Waals surface area contributed by atoms with Gasteiger partial charge in [0.25, 0.3) is 0 Å². The Labute approximate surface area is 199 Å². The number of halogens is 3. The SMILES string of the molecule is CNCCn1cnc2c(N3CCOCC3)cc(-n3ccc(-c4cccc(OC(F)(F)F)c4)n3)nc21. The van der Waals surface area contributed by atoms with Crippen LogP contribution in [0.1, 0.15) is 0 Å². The van der Waals surface area contributed by atoms with Crippen LogP contribution in [0.25, 0.3) is 28.2 Å². The molecule has 12 heteroatoms. The Hall–Kier alpha value is -3.64. The second kappa shape index (κ2) is 9.55. The van der Waals surface area contributed by atoms with E-state index < -0.39 is 6.36 Å². The van der Waals surface area contributed by atoms with Gasteiger partial charge in [0.05, 0.1) is 30.9 Å². The molecule has 0 aliphatic carbocycles. The molecule has 0 amide bonds. The minimum absolute atomic E-state index is 0.299. The first-order valence-corrected chi connectivity index (χ1v) is 11.2. The molecule has 0 atom stereocenters. The molecule has 5 rings (SSSR count). The highest BCUT2D eigenvalue weighted by molar-refractivity contribution is 5.87. The number of likely N-dealkylation sites (N-methyl/N-ethyl adjacent to an activating group) is 1. The Morgan fingerprint density at radius 1 is 1.14 bits per heavy atom. The van der Waals surface area contributed by atoms with Crippen LogP contribution in [0.5, 0.6) is 5.75 Å². The van der Waals surface area contributed by atoms with Gasteiger partial charge in [0.1, 0.15) is 11.3 Å². The lowest BCUT2D eigenvalue weighted by Crippen LogP contribution is -2.36. The summed E-state index contributed by atoms with van der Waals surface area (Å²) in [5.41, 5.74) is 3.47. The van der Waals surface area contributed by atoms with Crippen LogP contribution in [-0.4, -0.2) is 70.6 Å². The molecule has 0 bridgehead atoms. The minimum Gasteiger partial charge on any atom is -0.406 e. The van der Waals surface area contributed by atoms with E-state index in [0.29, 0.717) is 36.8 Å². The number of benzene rings is 1. The minimum atomic E-state index is -4.76. The monoisotopic (exact) mass is 487 g/mol. The van der Waals surface area contributed by atoms with Gasteiger partial charge in [-0.2, -0.15) is 5.10 Å². The molecule has 0 unspecified atom stereocenters. The topological polar surface area (TPSA) is 82.3 Å². The van der Waals surface area contributed by atoms with Crippen molar-refractivity contribution in [2.24, 2.45) is 0 Å². The summed E-state index contributed by atoms with van der Waals surface area (Å²) in [5.74, 6) is 0.284. The van der Waals surface area contributed by atoms with Crippen LogP contribution in [0.4, 0.5) is 18.9 Å². The smallest absolute Gasteiger partial charge is 0.406 e. The van der Waals surface area contributed by atoms with Gasteiger partial charge in [-0.3, -0.25) is 0 Å². The van der Waals surface area contributed by atoms with E-state index in [9.17, 15) is 13.2 Å². The molecule has 4 heterocycles. The molecular weight excluding hydrogens is 463 g/mol. The quantitative estimate of drug-likeness (QED) is 0.429. The van der Waals surface area contributed by atoms with E-state index >= 15 is 0 Å². The van der Waals surface area contributed by atoms with E-state index in [2.05, 4.69) is 25.0 Å². The van der Waals surface area contributed by atoms with E-state index in [1.165, 1.54) is 18.2 Å². The number of aromatic nitrogens is 5. The predicted molar refractivity (Wildman–Crippen MR) is 124 cm³/mol. The lowest BCUT2D eigenvalue weighted by Gasteiger charge is -2.29. The average molecular weight is 487 g/mol. The highest BCUT2D eigenvalue weighted by Crippen LogP contribution is 2.30. The summed E-state index contributed by atoms with van der Waals surface area (Å²) < 4.78 is 51.1. The van der Waals surface area contributed by atoms with Gasteiger partial charge >= 0.3 is 6.36 Å². The first-order chi connectivity index (χ1) is 16.9. The van der Waals surface area contributed by atoms with Crippen LogP contribution < -0.4 is 15.0 Å². The summed E-state index contributed by atoms with van der Waals surface area (Å²) in [6, 6.07) is 9.40. The number of nitrogens with zero attached hydrogens (tertiary/aromatic N) is 6. The van der Waals surface area contributed by atoms with Crippen molar-refractivity contribution >= 4 is 16.9 Å². The van der Waals surface area contributed by atoms with Gasteiger partial charge in [0.15, 0.2) is 11.5 Å². The fraction of sp³-hybridized carbons (Fsp3) is 0.348. The third-order valence-corrected chi connectivity index (χ3v) is 5.68. The Bertz CT molecular complexity index is 1310. The van der Waals surface area contributed by atoms with Crippen LogP contribution in [0.2, 0.25) is 0 Å². The number of hydrogen-bond donors (Lipinski definition) is 1. The Kier molecular flexibility index (Phi) is 6.31. The van der Waals surface area contributed by atoms with Gasteiger partial charge in [-0.15, -0.1) is 13.2 Å². The van der Waals surface area contributed by atoms with Gasteiger partial charge in [0, 0.05) is 44.0 Å². The lowest BCUT2D eigenvalue weighted by atomic mass is 10.1. The molecule has 0 radical (unpaired) electrons. The van der Waals surface area contributed by atoms with Gasteiger partial charge < -0.3 is 24.3 Å². The molecule has 0 saturated carbocycles. The number of ether oxygens (including phenoxy) is 2. The molecule has 1 aliphatic rings. The van der Waals surface area contributed by atoms with Crippen LogP contribution in [0.15, 0.2) is 48.9 Å². The van der Waals surface area contributed by atoms with Crippen molar-refractivity contribution in [2.45, 2.75) is 12.9 Å². The van der Waals surface area contributed by atoms with Crippen molar-refractivity contribution in [3.05, 3.63) is 48.9 Å². The summed E-state index contributed by atoms with van der Waals surface area (Å²) in [4.78, 5) is 11.7. The second-order valence-corrected chi connectivity index (χ2v) is 8.03. The summed E-state index contributed by atoms with van der Waals surface area (Å²) >= 11 is 0. The molecule has 35 heavy (non-hydrogen) atoms. The Morgan fingerprint density at radius 2 is 1.97 bits per heavy atom. The van der Waals surface area contributed by atoms with E-state index in [0.717, 1.165) is 36.5 Å². The molecule has 1 saturated heterocycles. The Morgan fingerprint density at radius 3 is 2.74 bits per heavy atom. The highest BCUT2D eigenvalue weighted by Gasteiger charge is 2.31. The molecular formula is C23H24F3N7O2. The molecule has 0 spiro atoms. The van der Waals surface area contributed by atoms with Gasteiger partial charge in [-0.25, -0.2) is 14.6 Å². The molecule has 1 aromatic carbocycles. The molecule has 3 aromatic heterocycles. The molecule has 4 aromatic rings. The second-order valence-electron chi connectivity index (χ2n) is 8.03. The fourth-order valence-corrected chi connectivity index (χ4v) is 4.02. The largest absolute Gasteiger partial charge is 0.573 e. The standard InChI is InChI=1S/C23H24F3N7O2/c1-27-6-8-32-15-28-21-19(31-9-11-34-12-10-31)14-20(29-22(21)32)33-7-5-18(30-33)16-3-2-4-17(13-16)35-23(24,25)26/h2-5,7,13-15,27H,6,8-12H2,1H3.